The van der Waals surface area contributed by atoms with E-state index in [1.807, 2.05) is 0 Å². The van der Waals surface area contributed by atoms with E-state index in [1.54, 1.807) is 0 Å². The average molecular weight is 424 g/mol. The standard InChI is InChI=1S/C19H37IO2/c1-19(2,17-18(21)22)15-13-11-9-7-5-3-4-6-8-10-12-14-16-20/h3-17H2,1-2H3,(H,21,22). The maximum atomic E-state index is 10.7. The summed E-state index contributed by atoms with van der Waals surface area (Å²) in [6.07, 6.45) is 17.7. The van der Waals surface area contributed by atoms with Gasteiger partial charge in [-0.05, 0) is 22.7 Å². The van der Waals surface area contributed by atoms with Crippen molar-refractivity contribution in [1.29, 1.82) is 0 Å². The van der Waals surface area contributed by atoms with Gasteiger partial charge in [-0.25, -0.2) is 0 Å². The van der Waals surface area contributed by atoms with Gasteiger partial charge in [0.2, 0.25) is 0 Å². The molecule has 0 fully saturated rings. The van der Waals surface area contributed by atoms with E-state index in [1.165, 1.54) is 81.5 Å². The van der Waals surface area contributed by atoms with Crippen LogP contribution < -0.4 is 0 Å². The lowest BCUT2D eigenvalue weighted by Gasteiger charge is -2.21. The van der Waals surface area contributed by atoms with Gasteiger partial charge in [-0.1, -0.05) is 107 Å². The van der Waals surface area contributed by atoms with Crippen LogP contribution in [0.4, 0.5) is 0 Å². The van der Waals surface area contributed by atoms with Crippen molar-refractivity contribution in [2.45, 2.75) is 104 Å². The van der Waals surface area contributed by atoms with Crippen molar-refractivity contribution in [3.8, 4) is 0 Å². The third kappa shape index (κ3) is 16.6. The molecule has 0 saturated heterocycles. The molecular weight excluding hydrogens is 387 g/mol. The Kier molecular flexibility index (Phi) is 14.9. The second-order valence-corrected chi connectivity index (χ2v) is 8.50. The Hall–Kier alpha value is 0.200. The molecule has 0 aromatic rings. The zero-order valence-electron chi connectivity index (χ0n) is 14.8. The van der Waals surface area contributed by atoms with Crippen LogP contribution in [-0.2, 0) is 4.79 Å². The summed E-state index contributed by atoms with van der Waals surface area (Å²) >= 11 is 2.46. The first kappa shape index (κ1) is 22.2. The van der Waals surface area contributed by atoms with Crippen molar-refractivity contribution in [1.82, 2.24) is 0 Å². The molecule has 0 aliphatic carbocycles. The fraction of sp³-hybridized carbons (Fsp3) is 0.947. The molecule has 0 aromatic carbocycles. The highest BCUT2D eigenvalue weighted by Crippen LogP contribution is 2.28. The third-order valence-electron chi connectivity index (χ3n) is 4.37. The molecule has 0 aliphatic rings. The lowest BCUT2D eigenvalue weighted by Crippen LogP contribution is -2.16. The Balaban J connectivity index is 3.22. The molecule has 0 saturated carbocycles. The van der Waals surface area contributed by atoms with E-state index in [2.05, 4.69) is 36.4 Å². The highest BCUT2D eigenvalue weighted by molar-refractivity contribution is 14.1. The number of hydrogen-bond acceptors (Lipinski definition) is 1. The highest BCUT2D eigenvalue weighted by atomic mass is 127. The largest absolute Gasteiger partial charge is 0.481 e. The van der Waals surface area contributed by atoms with E-state index in [0.29, 0.717) is 6.42 Å². The van der Waals surface area contributed by atoms with Gasteiger partial charge >= 0.3 is 5.97 Å². The summed E-state index contributed by atoms with van der Waals surface area (Å²) in [5.74, 6) is -0.667. The maximum absolute atomic E-state index is 10.7. The molecule has 0 atom stereocenters. The highest BCUT2D eigenvalue weighted by Gasteiger charge is 2.20. The second-order valence-electron chi connectivity index (χ2n) is 7.42. The van der Waals surface area contributed by atoms with Crippen molar-refractivity contribution in [2.24, 2.45) is 5.41 Å². The Bertz CT molecular complexity index is 264. The van der Waals surface area contributed by atoms with E-state index < -0.39 is 5.97 Å². The van der Waals surface area contributed by atoms with E-state index in [9.17, 15) is 4.79 Å². The summed E-state index contributed by atoms with van der Waals surface area (Å²) in [6, 6.07) is 0. The lowest BCUT2D eigenvalue weighted by molar-refractivity contribution is -0.139. The topological polar surface area (TPSA) is 37.3 Å². The predicted molar refractivity (Wildman–Crippen MR) is 105 cm³/mol. The summed E-state index contributed by atoms with van der Waals surface area (Å²) in [4.78, 5) is 10.7. The Morgan fingerprint density at radius 2 is 1.14 bits per heavy atom. The van der Waals surface area contributed by atoms with Crippen molar-refractivity contribution < 1.29 is 9.90 Å². The molecule has 0 unspecified atom stereocenters. The van der Waals surface area contributed by atoms with Crippen LogP contribution in [0.2, 0.25) is 0 Å². The molecule has 132 valence electrons. The lowest BCUT2D eigenvalue weighted by atomic mass is 9.83. The molecule has 2 nitrogen and oxygen atoms in total. The molecule has 1 N–H and O–H groups in total. The zero-order valence-corrected chi connectivity index (χ0v) is 17.0. The first-order valence-electron chi connectivity index (χ1n) is 9.26. The maximum Gasteiger partial charge on any atom is 0.303 e. The first-order valence-corrected chi connectivity index (χ1v) is 10.8. The van der Waals surface area contributed by atoms with E-state index in [-0.39, 0.29) is 5.41 Å². The van der Waals surface area contributed by atoms with E-state index in [0.717, 1.165) is 6.42 Å². The van der Waals surface area contributed by atoms with Crippen LogP contribution in [0.5, 0.6) is 0 Å². The molecule has 3 heteroatoms. The van der Waals surface area contributed by atoms with Crippen molar-refractivity contribution in [3.05, 3.63) is 0 Å². The number of hydrogen-bond donors (Lipinski definition) is 1. The number of carboxylic acid groups (broad SMARTS) is 1. The van der Waals surface area contributed by atoms with E-state index in [4.69, 9.17) is 5.11 Å². The minimum absolute atomic E-state index is 0.0386. The first-order chi connectivity index (χ1) is 10.5. The van der Waals surface area contributed by atoms with Crippen molar-refractivity contribution in [2.75, 3.05) is 4.43 Å². The Morgan fingerprint density at radius 1 is 0.773 bits per heavy atom. The summed E-state index contributed by atoms with van der Waals surface area (Å²) in [5.41, 5.74) is -0.0386. The van der Waals surface area contributed by atoms with Crippen LogP contribution in [0.3, 0.4) is 0 Å². The van der Waals surface area contributed by atoms with Gasteiger partial charge in [0, 0.05) is 0 Å². The number of carbonyl (C=O) groups is 1. The molecule has 0 radical (unpaired) electrons. The van der Waals surface area contributed by atoms with Gasteiger partial charge in [-0.3, -0.25) is 4.79 Å². The van der Waals surface area contributed by atoms with E-state index >= 15 is 0 Å². The number of rotatable bonds is 16. The normalized spacial score (nSPS) is 11.8. The van der Waals surface area contributed by atoms with Gasteiger partial charge in [0.1, 0.15) is 0 Å². The molecule has 0 heterocycles. The van der Waals surface area contributed by atoms with Gasteiger partial charge in [-0.15, -0.1) is 0 Å². The molecule has 0 aliphatic heterocycles. The van der Waals surface area contributed by atoms with Crippen molar-refractivity contribution >= 4 is 28.6 Å². The summed E-state index contributed by atoms with van der Waals surface area (Å²) in [6.45, 7) is 4.14. The summed E-state index contributed by atoms with van der Waals surface area (Å²) in [5, 5.41) is 8.85. The quantitative estimate of drug-likeness (QED) is 0.165. The molecular formula is C19H37IO2. The SMILES string of the molecule is CC(C)(CCCCCCCCCCCCCCI)CC(=O)O. The van der Waals surface area contributed by atoms with Gasteiger partial charge in [-0.2, -0.15) is 0 Å². The summed E-state index contributed by atoms with van der Waals surface area (Å²) in [7, 11) is 0. The zero-order chi connectivity index (χ0) is 16.7. The van der Waals surface area contributed by atoms with Gasteiger partial charge in [0.05, 0.1) is 6.42 Å². The van der Waals surface area contributed by atoms with Crippen LogP contribution in [-0.4, -0.2) is 15.5 Å². The second kappa shape index (κ2) is 14.8. The smallest absolute Gasteiger partial charge is 0.303 e. The van der Waals surface area contributed by atoms with Crippen LogP contribution >= 0.6 is 22.6 Å². The molecule has 0 bridgehead atoms. The van der Waals surface area contributed by atoms with Gasteiger partial charge in [0.25, 0.3) is 0 Å². The fourth-order valence-corrected chi connectivity index (χ4v) is 3.50. The van der Waals surface area contributed by atoms with Gasteiger partial charge < -0.3 is 5.11 Å². The molecule has 0 spiro atoms. The summed E-state index contributed by atoms with van der Waals surface area (Å²) < 4.78 is 1.31. The molecule has 0 amide bonds. The van der Waals surface area contributed by atoms with Crippen LogP contribution in [0.25, 0.3) is 0 Å². The molecule has 0 rings (SSSR count). The molecule has 22 heavy (non-hydrogen) atoms. The van der Waals surface area contributed by atoms with Crippen LogP contribution in [0, 0.1) is 5.41 Å². The number of alkyl halides is 1. The van der Waals surface area contributed by atoms with Gasteiger partial charge in [0.15, 0.2) is 0 Å². The van der Waals surface area contributed by atoms with Crippen molar-refractivity contribution in [3.63, 3.8) is 0 Å². The van der Waals surface area contributed by atoms with Crippen LogP contribution in [0.1, 0.15) is 104 Å². The predicted octanol–water partition coefficient (Wildman–Crippen LogP) is 6.99. The number of carboxylic acids is 1. The number of unbranched alkanes of at least 4 members (excludes halogenated alkanes) is 11. The average Bonchev–Trinajstić information content (AvgIpc) is 2.42. The monoisotopic (exact) mass is 424 g/mol. The Morgan fingerprint density at radius 3 is 1.50 bits per heavy atom. The fourth-order valence-electron chi connectivity index (χ4n) is 2.96. The minimum atomic E-state index is -0.667. The third-order valence-corrected chi connectivity index (χ3v) is 5.13. The van der Waals surface area contributed by atoms with Crippen LogP contribution in [0.15, 0.2) is 0 Å². The Labute approximate surface area is 152 Å². The minimum Gasteiger partial charge on any atom is -0.481 e. The number of aliphatic carboxylic acids is 1. The number of halogens is 1. The molecule has 0 aromatic heterocycles.